The summed E-state index contributed by atoms with van der Waals surface area (Å²) in [5.41, 5.74) is 3.43. The lowest BCUT2D eigenvalue weighted by molar-refractivity contribution is 0.397. The third-order valence-corrected chi connectivity index (χ3v) is 3.92. The third kappa shape index (κ3) is 4.95. The number of ether oxygens (including phenoxy) is 1. The molecule has 7 heteroatoms. The number of nitrogens with zero attached hydrogens (tertiary/aromatic N) is 5. The van der Waals surface area contributed by atoms with Gasteiger partial charge >= 0.3 is 0 Å². The van der Waals surface area contributed by atoms with Crippen molar-refractivity contribution in [1.29, 1.82) is 0 Å². The molecule has 0 aliphatic heterocycles. The second kappa shape index (κ2) is 8.50. The van der Waals surface area contributed by atoms with Crippen molar-refractivity contribution in [2.45, 2.75) is 32.9 Å². The van der Waals surface area contributed by atoms with Gasteiger partial charge in [-0.25, -0.2) is 4.98 Å². The lowest BCUT2D eigenvalue weighted by atomic mass is 10.1. The van der Waals surface area contributed by atoms with Crippen LogP contribution in [0.1, 0.15) is 36.6 Å². The Balaban J connectivity index is 2.02. The maximum absolute atomic E-state index is 5.16. The quantitative estimate of drug-likeness (QED) is 0.642. The van der Waals surface area contributed by atoms with Crippen LogP contribution >= 0.6 is 0 Å². The third-order valence-electron chi connectivity index (χ3n) is 3.92. The molecular formula is C18H28N6O. The first-order valence-electron chi connectivity index (χ1n) is 8.37. The lowest BCUT2D eigenvalue weighted by Crippen LogP contribution is -2.38. The molecule has 0 aliphatic rings. The fourth-order valence-electron chi connectivity index (χ4n) is 2.73. The van der Waals surface area contributed by atoms with Crippen molar-refractivity contribution in [1.82, 2.24) is 25.0 Å². The van der Waals surface area contributed by atoms with E-state index in [1.165, 1.54) is 5.56 Å². The average molecular weight is 344 g/mol. The number of methoxy groups -OCH3 is 1. The van der Waals surface area contributed by atoms with Crippen molar-refractivity contribution in [2.24, 2.45) is 12.0 Å². The van der Waals surface area contributed by atoms with Gasteiger partial charge in [0.15, 0.2) is 5.96 Å². The molecule has 0 saturated heterocycles. The fraction of sp³-hybridized carbons (Fsp3) is 0.500. The summed E-state index contributed by atoms with van der Waals surface area (Å²) in [4.78, 5) is 10.6. The Bertz CT molecular complexity index is 722. The highest BCUT2D eigenvalue weighted by molar-refractivity contribution is 5.79. The number of hydrogen-bond donors (Lipinski definition) is 1. The molecule has 0 unspecified atom stereocenters. The molecule has 2 rings (SSSR count). The van der Waals surface area contributed by atoms with Gasteiger partial charge in [0.1, 0.15) is 0 Å². The molecule has 0 radical (unpaired) electrons. The van der Waals surface area contributed by atoms with E-state index in [0.717, 1.165) is 23.8 Å². The highest BCUT2D eigenvalue weighted by atomic mass is 16.5. The van der Waals surface area contributed by atoms with Crippen LogP contribution in [-0.2, 0) is 20.1 Å². The minimum atomic E-state index is 0.392. The van der Waals surface area contributed by atoms with Gasteiger partial charge in [-0.1, -0.05) is 13.8 Å². The van der Waals surface area contributed by atoms with Crippen LogP contribution in [0.3, 0.4) is 0 Å². The van der Waals surface area contributed by atoms with Crippen molar-refractivity contribution in [3.63, 3.8) is 0 Å². The Morgan fingerprint density at radius 2 is 2.20 bits per heavy atom. The van der Waals surface area contributed by atoms with Gasteiger partial charge in [0.2, 0.25) is 5.88 Å². The highest BCUT2D eigenvalue weighted by Gasteiger charge is 2.15. The number of hydrogen-bond acceptors (Lipinski definition) is 4. The summed E-state index contributed by atoms with van der Waals surface area (Å²) in [6, 6.07) is 3.87. The van der Waals surface area contributed by atoms with E-state index in [2.05, 4.69) is 45.3 Å². The molecule has 0 fully saturated rings. The second-order valence-corrected chi connectivity index (χ2v) is 6.33. The van der Waals surface area contributed by atoms with E-state index in [0.29, 0.717) is 18.3 Å². The summed E-state index contributed by atoms with van der Waals surface area (Å²) in [6.45, 7) is 5.73. The molecule has 0 saturated carbocycles. The van der Waals surface area contributed by atoms with Crippen LogP contribution in [0.4, 0.5) is 0 Å². The Morgan fingerprint density at radius 1 is 1.44 bits per heavy atom. The number of rotatable bonds is 6. The molecule has 136 valence electrons. The average Bonchev–Trinajstić information content (AvgIpc) is 2.96. The van der Waals surface area contributed by atoms with Crippen molar-refractivity contribution < 1.29 is 4.74 Å². The maximum atomic E-state index is 5.16. The Kier molecular flexibility index (Phi) is 6.38. The summed E-state index contributed by atoms with van der Waals surface area (Å²) in [6.07, 6.45) is 3.82. The topological polar surface area (TPSA) is 67.6 Å². The first kappa shape index (κ1) is 18.8. The molecule has 0 atom stereocenters. The summed E-state index contributed by atoms with van der Waals surface area (Å²) >= 11 is 0. The van der Waals surface area contributed by atoms with Crippen LogP contribution in [0.2, 0.25) is 0 Å². The van der Waals surface area contributed by atoms with Crippen LogP contribution in [0.25, 0.3) is 0 Å². The van der Waals surface area contributed by atoms with Crippen molar-refractivity contribution >= 4 is 5.96 Å². The molecule has 2 aromatic heterocycles. The molecule has 0 aliphatic carbocycles. The first-order valence-corrected chi connectivity index (χ1v) is 8.37. The second-order valence-electron chi connectivity index (χ2n) is 6.33. The molecule has 2 heterocycles. The van der Waals surface area contributed by atoms with Gasteiger partial charge in [-0.15, -0.1) is 0 Å². The van der Waals surface area contributed by atoms with Crippen LogP contribution in [0.15, 0.2) is 29.5 Å². The molecule has 7 nitrogen and oxygen atoms in total. The predicted octanol–water partition coefficient (Wildman–Crippen LogP) is 2.15. The van der Waals surface area contributed by atoms with Gasteiger partial charge < -0.3 is 15.0 Å². The number of pyridine rings is 1. The molecule has 0 aromatic carbocycles. The lowest BCUT2D eigenvalue weighted by Gasteiger charge is -2.22. The van der Waals surface area contributed by atoms with Gasteiger partial charge in [0, 0.05) is 58.3 Å². The highest BCUT2D eigenvalue weighted by Crippen LogP contribution is 2.18. The summed E-state index contributed by atoms with van der Waals surface area (Å²) in [5, 5.41) is 7.95. The monoisotopic (exact) mass is 344 g/mol. The SMILES string of the molecule is CN=C(NCc1ccnc(OC)c1)N(C)Cc1cn(C)nc1C(C)C. The molecular weight excluding hydrogens is 316 g/mol. The minimum absolute atomic E-state index is 0.392. The van der Waals surface area contributed by atoms with Crippen LogP contribution in [0.5, 0.6) is 5.88 Å². The van der Waals surface area contributed by atoms with Crippen LogP contribution < -0.4 is 10.1 Å². The van der Waals surface area contributed by atoms with Gasteiger partial charge in [-0.2, -0.15) is 5.10 Å². The molecule has 0 spiro atoms. The van der Waals surface area contributed by atoms with Gasteiger partial charge in [-0.05, 0) is 17.5 Å². The van der Waals surface area contributed by atoms with E-state index < -0.39 is 0 Å². The van der Waals surface area contributed by atoms with Crippen LogP contribution in [0, 0.1) is 0 Å². The fourth-order valence-corrected chi connectivity index (χ4v) is 2.73. The van der Waals surface area contributed by atoms with E-state index >= 15 is 0 Å². The van der Waals surface area contributed by atoms with E-state index in [-0.39, 0.29) is 0 Å². The normalized spacial score (nSPS) is 11.7. The largest absolute Gasteiger partial charge is 0.481 e. The maximum Gasteiger partial charge on any atom is 0.213 e. The number of aryl methyl sites for hydroxylation is 1. The van der Waals surface area contributed by atoms with Crippen molar-refractivity contribution in [3.8, 4) is 5.88 Å². The number of nitrogens with one attached hydrogen (secondary N) is 1. The number of aliphatic imine (C=N–C) groups is 1. The van der Waals surface area contributed by atoms with E-state index in [9.17, 15) is 0 Å². The summed E-state index contributed by atoms with van der Waals surface area (Å²) in [7, 11) is 7.39. The summed E-state index contributed by atoms with van der Waals surface area (Å²) < 4.78 is 7.04. The number of guanidine groups is 1. The molecule has 25 heavy (non-hydrogen) atoms. The van der Waals surface area contributed by atoms with Gasteiger partial charge in [0.25, 0.3) is 0 Å². The van der Waals surface area contributed by atoms with E-state index in [1.807, 2.05) is 30.9 Å². The Labute approximate surface area is 149 Å². The minimum Gasteiger partial charge on any atom is -0.481 e. The Morgan fingerprint density at radius 3 is 2.84 bits per heavy atom. The zero-order chi connectivity index (χ0) is 18.4. The van der Waals surface area contributed by atoms with Crippen LogP contribution in [-0.4, -0.2) is 46.8 Å². The smallest absolute Gasteiger partial charge is 0.213 e. The van der Waals surface area contributed by atoms with E-state index in [4.69, 9.17) is 4.74 Å². The zero-order valence-corrected chi connectivity index (χ0v) is 15.9. The van der Waals surface area contributed by atoms with Gasteiger partial charge in [0.05, 0.1) is 12.8 Å². The van der Waals surface area contributed by atoms with E-state index in [1.54, 1.807) is 20.4 Å². The molecule has 0 amide bonds. The van der Waals surface area contributed by atoms with Gasteiger partial charge in [-0.3, -0.25) is 9.67 Å². The predicted molar refractivity (Wildman–Crippen MR) is 99.8 cm³/mol. The first-order chi connectivity index (χ1) is 11.9. The van der Waals surface area contributed by atoms with Crippen molar-refractivity contribution in [3.05, 3.63) is 41.3 Å². The molecule has 0 bridgehead atoms. The standard InChI is InChI=1S/C18H28N6O/c1-13(2)17-15(12-24(5)22-17)11-23(4)18(19-3)21-10-14-7-8-20-16(9-14)25-6/h7-9,12-13H,10-11H2,1-6H3,(H,19,21). The number of aromatic nitrogens is 3. The summed E-state index contributed by atoms with van der Waals surface area (Å²) in [5.74, 6) is 1.83. The zero-order valence-electron chi connectivity index (χ0n) is 15.9. The molecule has 1 N–H and O–H groups in total. The van der Waals surface area contributed by atoms with Crippen molar-refractivity contribution in [2.75, 3.05) is 21.2 Å². The molecule has 2 aromatic rings. The Hall–Kier alpha value is -2.57.